The fourth-order valence-electron chi connectivity index (χ4n) is 2.16. The van der Waals surface area contributed by atoms with Gasteiger partial charge in [-0.15, -0.1) is 0 Å². The van der Waals surface area contributed by atoms with E-state index in [9.17, 15) is 19.7 Å². The molecule has 0 aliphatic heterocycles. The van der Waals surface area contributed by atoms with Gasteiger partial charge in [-0.2, -0.15) is 0 Å². The number of methoxy groups -OCH3 is 1. The number of benzene rings is 1. The van der Waals surface area contributed by atoms with Gasteiger partial charge in [-0.05, 0) is 6.07 Å². The van der Waals surface area contributed by atoms with E-state index in [0.717, 1.165) is 0 Å². The van der Waals surface area contributed by atoms with Gasteiger partial charge in [0, 0.05) is 30.8 Å². The van der Waals surface area contributed by atoms with E-state index in [-0.39, 0.29) is 44.2 Å². The van der Waals surface area contributed by atoms with Crippen LogP contribution in [0, 0.1) is 16.0 Å². The van der Waals surface area contributed by atoms with Crippen molar-refractivity contribution in [3.8, 4) is 0 Å². The molecule has 1 aromatic carbocycles. The number of amides is 1. The summed E-state index contributed by atoms with van der Waals surface area (Å²) in [7, 11) is 1.26. The summed E-state index contributed by atoms with van der Waals surface area (Å²) < 4.78 is 9.82. The number of aliphatic hydroxyl groups is 1. The van der Waals surface area contributed by atoms with E-state index in [1.807, 2.05) is 0 Å². The predicted octanol–water partition coefficient (Wildman–Crippen LogP) is 0.855. The van der Waals surface area contributed by atoms with E-state index in [1.165, 1.54) is 36.3 Å². The zero-order valence-electron chi connectivity index (χ0n) is 14.2. The van der Waals surface area contributed by atoms with Crippen LogP contribution in [0.2, 0.25) is 0 Å². The van der Waals surface area contributed by atoms with Crippen molar-refractivity contribution >= 4 is 17.6 Å². The lowest BCUT2D eigenvalue weighted by molar-refractivity contribution is -0.384. The molecule has 1 amide bonds. The summed E-state index contributed by atoms with van der Waals surface area (Å²) in [4.78, 5) is 36.0. The zero-order valence-corrected chi connectivity index (χ0v) is 14.2. The number of carbonyl (C=O) groups excluding carboxylic acids is 2. The molecule has 0 radical (unpaired) electrons. The molecule has 1 unspecified atom stereocenters. The zero-order chi connectivity index (χ0) is 18.8. The maximum atomic E-state index is 12.7. The molecular formula is C16H22N2O7. The second-order valence-corrected chi connectivity index (χ2v) is 5.32. The first-order valence-electron chi connectivity index (χ1n) is 7.70. The summed E-state index contributed by atoms with van der Waals surface area (Å²) in [5.74, 6) is -1.48. The van der Waals surface area contributed by atoms with E-state index in [1.54, 1.807) is 6.92 Å². The number of esters is 1. The number of nitrogens with zero attached hydrogens (tertiary/aromatic N) is 2. The van der Waals surface area contributed by atoms with Crippen LogP contribution < -0.4 is 0 Å². The maximum absolute atomic E-state index is 12.7. The molecule has 0 saturated heterocycles. The Balaban J connectivity index is 2.91. The van der Waals surface area contributed by atoms with E-state index in [4.69, 9.17) is 9.84 Å². The summed E-state index contributed by atoms with van der Waals surface area (Å²) in [5.41, 5.74) is -0.0447. The molecule has 0 aliphatic rings. The third kappa shape index (κ3) is 6.48. The van der Waals surface area contributed by atoms with Crippen molar-refractivity contribution in [2.75, 3.05) is 40.0 Å². The molecule has 0 heterocycles. The number of non-ortho nitro benzene ring substituents is 1. The first kappa shape index (κ1) is 20.5. The van der Waals surface area contributed by atoms with E-state index in [0.29, 0.717) is 0 Å². The lowest BCUT2D eigenvalue weighted by atomic mass is 10.1. The molecule has 1 atom stereocenters. The summed E-state index contributed by atoms with van der Waals surface area (Å²) in [6.07, 6.45) is 0. The Labute approximate surface area is 145 Å². The molecule has 138 valence electrons. The Morgan fingerprint density at radius 3 is 2.68 bits per heavy atom. The monoisotopic (exact) mass is 354 g/mol. The number of hydrogen-bond acceptors (Lipinski definition) is 7. The molecular weight excluding hydrogens is 332 g/mol. The van der Waals surface area contributed by atoms with Crippen LogP contribution in [0.1, 0.15) is 17.3 Å². The molecule has 9 heteroatoms. The number of rotatable bonds is 10. The topological polar surface area (TPSA) is 119 Å². The van der Waals surface area contributed by atoms with Gasteiger partial charge < -0.3 is 19.5 Å². The van der Waals surface area contributed by atoms with Crippen molar-refractivity contribution < 1.29 is 29.1 Å². The average molecular weight is 354 g/mol. The van der Waals surface area contributed by atoms with Crippen molar-refractivity contribution in [3.63, 3.8) is 0 Å². The van der Waals surface area contributed by atoms with Crippen LogP contribution in [0.15, 0.2) is 24.3 Å². The number of ether oxygens (including phenoxy) is 2. The van der Waals surface area contributed by atoms with Gasteiger partial charge >= 0.3 is 5.97 Å². The van der Waals surface area contributed by atoms with Crippen molar-refractivity contribution in [2.24, 2.45) is 5.92 Å². The first-order valence-corrected chi connectivity index (χ1v) is 7.70. The van der Waals surface area contributed by atoms with Crippen LogP contribution in [0.3, 0.4) is 0 Å². The molecule has 1 rings (SSSR count). The molecule has 1 N–H and O–H groups in total. The highest BCUT2D eigenvalue weighted by Gasteiger charge is 2.23. The third-order valence-electron chi connectivity index (χ3n) is 3.43. The van der Waals surface area contributed by atoms with Crippen molar-refractivity contribution in [3.05, 3.63) is 39.9 Å². The standard InChI is InChI=1S/C16H22N2O7/c1-12(16(21)24-2)11-17(6-8-25-9-7-19)15(20)13-4-3-5-14(10-13)18(22)23/h3-5,10,12,19H,6-9,11H2,1-2H3. The Kier molecular flexibility index (Phi) is 8.51. The lowest BCUT2D eigenvalue weighted by Crippen LogP contribution is -2.39. The highest BCUT2D eigenvalue weighted by Crippen LogP contribution is 2.16. The summed E-state index contributed by atoms with van der Waals surface area (Å²) >= 11 is 0. The highest BCUT2D eigenvalue weighted by atomic mass is 16.6. The SMILES string of the molecule is COC(=O)C(C)CN(CCOCCO)C(=O)c1cccc([N+](=O)[O-])c1. The molecule has 0 spiro atoms. The Morgan fingerprint density at radius 2 is 2.08 bits per heavy atom. The van der Waals surface area contributed by atoms with Crippen molar-refractivity contribution in [1.29, 1.82) is 0 Å². The Morgan fingerprint density at radius 1 is 1.36 bits per heavy atom. The van der Waals surface area contributed by atoms with Crippen LogP contribution >= 0.6 is 0 Å². The minimum absolute atomic E-state index is 0.0800. The number of hydrogen-bond donors (Lipinski definition) is 1. The van der Waals surface area contributed by atoms with Crippen LogP contribution in [0.5, 0.6) is 0 Å². The largest absolute Gasteiger partial charge is 0.469 e. The van der Waals surface area contributed by atoms with Crippen LogP contribution in [0.4, 0.5) is 5.69 Å². The third-order valence-corrected chi connectivity index (χ3v) is 3.43. The summed E-state index contributed by atoms with van der Waals surface area (Å²) in [6, 6.07) is 5.38. The first-order chi connectivity index (χ1) is 11.9. The second kappa shape index (κ2) is 10.4. The van der Waals surface area contributed by atoms with E-state index < -0.39 is 22.7 Å². The molecule has 0 saturated carbocycles. The molecule has 25 heavy (non-hydrogen) atoms. The van der Waals surface area contributed by atoms with Gasteiger partial charge in [0.1, 0.15) is 0 Å². The minimum Gasteiger partial charge on any atom is -0.469 e. The van der Waals surface area contributed by atoms with Gasteiger partial charge in [0.25, 0.3) is 11.6 Å². The van der Waals surface area contributed by atoms with Crippen LogP contribution in [0.25, 0.3) is 0 Å². The molecule has 0 fully saturated rings. The molecule has 0 aliphatic carbocycles. The van der Waals surface area contributed by atoms with Gasteiger partial charge in [-0.3, -0.25) is 19.7 Å². The summed E-state index contributed by atoms with van der Waals surface area (Å²) in [5, 5.41) is 19.6. The van der Waals surface area contributed by atoms with Gasteiger partial charge in [-0.25, -0.2) is 0 Å². The second-order valence-electron chi connectivity index (χ2n) is 5.32. The predicted molar refractivity (Wildman–Crippen MR) is 88.1 cm³/mol. The Bertz CT molecular complexity index is 606. The lowest BCUT2D eigenvalue weighted by Gasteiger charge is -2.25. The van der Waals surface area contributed by atoms with Crippen LogP contribution in [-0.4, -0.2) is 66.8 Å². The molecule has 0 aromatic heterocycles. The normalized spacial score (nSPS) is 11.6. The quantitative estimate of drug-likeness (QED) is 0.286. The molecule has 1 aromatic rings. The van der Waals surface area contributed by atoms with Gasteiger partial charge in [0.15, 0.2) is 0 Å². The van der Waals surface area contributed by atoms with Crippen molar-refractivity contribution in [1.82, 2.24) is 4.90 Å². The van der Waals surface area contributed by atoms with Gasteiger partial charge in [0.2, 0.25) is 0 Å². The molecule has 0 bridgehead atoms. The number of carbonyl (C=O) groups is 2. The van der Waals surface area contributed by atoms with E-state index >= 15 is 0 Å². The number of nitro groups is 1. The van der Waals surface area contributed by atoms with E-state index in [2.05, 4.69) is 4.74 Å². The average Bonchev–Trinajstić information content (AvgIpc) is 2.62. The van der Waals surface area contributed by atoms with Crippen molar-refractivity contribution in [2.45, 2.75) is 6.92 Å². The highest BCUT2D eigenvalue weighted by molar-refractivity contribution is 5.95. The smallest absolute Gasteiger partial charge is 0.310 e. The number of nitro benzene ring substituents is 1. The Hall–Kier alpha value is -2.52. The fraction of sp³-hybridized carbons (Fsp3) is 0.500. The minimum atomic E-state index is -0.581. The maximum Gasteiger partial charge on any atom is 0.310 e. The fourth-order valence-corrected chi connectivity index (χ4v) is 2.16. The van der Waals surface area contributed by atoms with Crippen LogP contribution in [-0.2, 0) is 14.3 Å². The summed E-state index contributed by atoms with van der Waals surface area (Å²) in [6.45, 7) is 2.02. The van der Waals surface area contributed by atoms with Gasteiger partial charge in [-0.1, -0.05) is 13.0 Å². The number of aliphatic hydroxyl groups excluding tert-OH is 1. The molecule has 9 nitrogen and oxygen atoms in total. The van der Waals surface area contributed by atoms with Gasteiger partial charge in [0.05, 0.1) is 37.8 Å².